The predicted octanol–water partition coefficient (Wildman–Crippen LogP) is 3.17. The molecule has 2 aromatic carbocycles. The number of carbonyl (C=O) groups excluding carboxylic acids is 1. The summed E-state index contributed by atoms with van der Waals surface area (Å²) >= 11 is 0. The molecular weight excluding hydrogens is 360 g/mol. The number of aryl methyl sites for hydroxylation is 1. The van der Waals surface area contributed by atoms with Crippen LogP contribution in [0.2, 0.25) is 0 Å². The van der Waals surface area contributed by atoms with E-state index in [0.717, 1.165) is 22.7 Å². The highest BCUT2D eigenvalue weighted by molar-refractivity contribution is 6.09. The van der Waals surface area contributed by atoms with Crippen molar-refractivity contribution in [3.8, 4) is 0 Å². The monoisotopic (exact) mass is 391 g/mol. The summed E-state index contributed by atoms with van der Waals surface area (Å²) in [6.45, 7) is -1.97. The molecule has 5 nitrogen and oxygen atoms in total. The summed E-state index contributed by atoms with van der Waals surface area (Å²) in [5.41, 5.74) is 2.46. The standard InChI is InChI=1S/C24H26N4O/c1-18-7-5-6-10-20(18)16-28-23(29)21-17-26(15-19-8-3-2-4-9-19)13-11-22(21)27-14-12-25-24(27)28/h2-10H,11-17H2,1H3/i1D3,16D2. The fourth-order valence-electron chi connectivity index (χ4n) is 4.18. The predicted molar refractivity (Wildman–Crippen MR) is 114 cm³/mol. The van der Waals surface area contributed by atoms with E-state index in [9.17, 15) is 4.79 Å². The van der Waals surface area contributed by atoms with E-state index >= 15 is 0 Å². The first-order chi connectivity index (χ1) is 16.2. The molecule has 0 N–H and O–H groups in total. The van der Waals surface area contributed by atoms with Crippen molar-refractivity contribution >= 4 is 11.9 Å². The molecule has 0 spiro atoms. The molecule has 0 radical (unpaired) electrons. The normalized spacial score (nSPS) is 22.8. The van der Waals surface area contributed by atoms with Gasteiger partial charge < -0.3 is 4.90 Å². The average molecular weight is 392 g/mol. The molecule has 0 fully saturated rings. The van der Waals surface area contributed by atoms with Gasteiger partial charge in [0, 0.05) is 42.4 Å². The number of hydrogen-bond acceptors (Lipinski definition) is 4. The van der Waals surface area contributed by atoms with Crippen LogP contribution in [0.3, 0.4) is 0 Å². The van der Waals surface area contributed by atoms with Crippen molar-refractivity contribution in [1.29, 1.82) is 0 Å². The third-order valence-corrected chi connectivity index (χ3v) is 5.61. The largest absolute Gasteiger partial charge is 0.314 e. The minimum atomic E-state index is -2.51. The Bertz CT molecular complexity index is 1180. The van der Waals surface area contributed by atoms with Gasteiger partial charge >= 0.3 is 0 Å². The fourth-order valence-corrected chi connectivity index (χ4v) is 4.18. The van der Waals surface area contributed by atoms with Crippen LogP contribution in [0.4, 0.5) is 0 Å². The first kappa shape index (κ1) is 13.3. The van der Waals surface area contributed by atoms with E-state index in [4.69, 9.17) is 6.85 Å². The van der Waals surface area contributed by atoms with Crippen molar-refractivity contribution in [2.45, 2.75) is 26.3 Å². The number of amides is 1. The number of carbonyl (C=O) groups is 1. The Morgan fingerprint density at radius 2 is 1.93 bits per heavy atom. The summed E-state index contributed by atoms with van der Waals surface area (Å²) < 4.78 is 41.6. The van der Waals surface area contributed by atoms with Crippen LogP contribution < -0.4 is 0 Å². The molecule has 0 saturated heterocycles. The van der Waals surface area contributed by atoms with E-state index in [-0.39, 0.29) is 17.1 Å². The highest BCUT2D eigenvalue weighted by Gasteiger charge is 2.40. The summed E-state index contributed by atoms with van der Waals surface area (Å²) in [6, 6.07) is 16.1. The molecule has 2 aromatic rings. The van der Waals surface area contributed by atoms with Crippen LogP contribution in [0.15, 0.2) is 70.9 Å². The number of fused-ring (bicyclic) bond motifs is 2. The van der Waals surface area contributed by atoms with Crippen LogP contribution in [-0.2, 0) is 17.8 Å². The summed E-state index contributed by atoms with van der Waals surface area (Å²) in [5.74, 6) is -0.180. The molecular formula is C24H26N4O. The zero-order chi connectivity index (χ0) is 24.1. The average Bonchev–Trinajstić information content (AvgIpc) is 3.28. The van der Waals surface area contributed by atoms with E-state index in [0.29, 0.717) is 38.2 Å². The van der Waals surface area contributed by atoms with Gasteiger partial charge in [0.15, 0.2) is 0 Å². The number of benzene rings is 2. The highest BCUT2D eigenvalue weighted by Crippen LogP contribution is 2.32. The van der Waals surface area contributed by atoms with Crippen LogP contribution in [0.1, 0.15) is 30.0 Å². The van der Waals surface area contributed by atoms with Crippen LogP contribution >= 0.6 is 0 Å². The molecule has 5 rings (SSSR count). The molecule has 148 valence electrons. The Morgan fingerprint density at radius 3 is 2.79 bits per heavy atom. The number of nitrogens with zero attached hydrogens (tertiary/aromatic N) is 4. The number of aliphatic imine (C=N–C) groups is 1. The Balaban J connectivity index is 1.52. The number of guanidine groups is 1. The SMILES string of the molecule is [2H]C([2H])([2H])c1ccccc1C([2H])([2H])N1C(=O)C2=C(CCN(Cc3ccccc3)C2)N2CCN=C21. The van der Waals surface area contributed by atoms with Crippen LogP contribution in [0, 0.1) is 6.85 Å². The molecule has 0 aromatic heterocycles. The lowest BCUT2D eigenvalue weighted by Gasteiger charge is -2.42. The molecule has 29 heavy (non-hydrogen) atoms. The maximum absolute atomic E-state index is 13.8. The Hall–Kier alpha value is -2.92. The van der Waals surface area contributed by atoms with E-state index in [1.54, 1.807) is 12.1 Å². The Labute approximate surface area is 179 Å². The van der Waals surface area contributed by atoms with Gasteiger partial charge in [0.1, 0.15) is 0 Å². The van der Waals surface area contributed by atoms with E-state index in [1.807, 2.05) is 23.1 Å². The van der Waals surface area contributed by atoms with Gasteiger partial charge in [0.2, 0.25) is 5.96 Å². The lowest BCUT2D eigenvalue weighted by molar-refractivity contribution is -0.125. The van der Waals surface area contributed by atoms with Crippen LogP contribution in [0.25, 0.3) is 0 Å². The summed E-state index contributed by atoms with van der Waals surface area (Å²) in [5, 5.41) is 0. The quantitative estimate of drug-likeness (QED) is 0.804. The second-order valence-corrected chi connectivity index (χ2v) is 7.50. The zero-order valence-electron chi connectivity index (χ0n) is 21.1. The third-order valence-electron chi connectivity index (χ3n) is 5.61. The minimum Gasteiger partial charge on any atom is -0.314 e. The lowest BCUT2D eigenvalue weighted by Crippen LogP contribution is -2.53. The lowest BCUT2D eigenvalue weighted by atomic mass is 9.99. The van der Waals surface area contributed by atoms with Gasteiger partial charge in [0.25, 0.3) is 5.91 Å². The maximum Gasteiger partial charge on any atom is 0.259 e. The van der Waals surface area contributed by atoms with Crippen molar-refractivity contribution in [3.05, 3.63) is 82.6 Å². The van der Waals surface area contributed by atoms with Gasteiger partial charge in [-0.25, -0.2) is 0 Å². The van der Waals surface area contributed by atoms with Gasteiger partial charge in [-0.3, -0.25) is 19.6 Å². The van der Waals surface area contributed by atoms with Crippen molar-refractivity contribution in [3.63, 3.8) is 0 Å². The first-order valence-electron chi connectivity index (χ1n) is 12.4. The first-order valence-corrected chi connectivity index (χ1v) is 9.93. The van der Waals surface area contributed by atoms with E-state index < -0.39 is 19.3 Å². The van der Waals surface area contributed by atoms with Crippen molar-refractivity contribution in [2.24, 2.45) is 4.99 Å². The van der Waals surface area contributed by atoms with Gasteiger partial charge in [-0.1, -0.05) is 54.6 Å². The molecule has 0 atom stereocenters. The smallest absolute Gasteiger partial charge is 0.259 e. The molecule has 0 bridgehead atoms. The molecule has 0 saturated carbocycles. The minimum absolute atomic E-state index is 0.0427. The van der Waals surface area contributed by atoms with Crippen molar-refractivity contribution < 1.29 is 11.6 Å². The molecule has 5 heteroatoms. The Kier molecular flexibility index (Phi) is 3.44. The topological polar surface area (TPSA) is 39.2 Å². The fraction of sp³-hybridized carbons (Fsp3) is 0.333. The second-order valence-electron chi connectivity index (χ2n) is 7.50. The van der Waals surface area contributed by atoms with Gasteiger partial charge in [-0.05, 0) is 23.5 Å². The number of rotatable bonds is 4. The Morgan fingerprint density at radius 1 is 1.10 bits per heavy atom. The van der Waals surface area contributed by atoms with Gasteiger partial charge in [0.05, 0.1) is 21.4 Å². The molecule has 1 amide bonds. The van der Waals surface area contributed by atoms with Crippen molar-refractivity contribution in [1.82, 2.24) is 14.7 Å². The zero-order valence-corrected chi connectivity index (χ0v) is 16.1. The highest BCUT2D eigenvalue weighted by atomic mass is 16.2. The maximum atomic E-state index is 13.8. The van der Waals surface area contributed by atoms with Gasteiger partial charge in [-0.2, -0.15) is 0 Å². The second kappa shape index (κ2) is 7.48. The van der Waals surface area contributed by atoms with Gasteiger partial charge in [-0.15, -0.1) is 0 Å². The van der Waals surface area contributed by atoms with E-state index in [2.05, 4.69) is 22.0 Å². The molecule has 3 heterocycles. The molecule has 3 aliphatic heterocycles. The molecule has 0 aliphatic carbocycles. The summed E-state index contributed by atoms with van der Waals surface area (Å²) in [4.78, 5) is 23.5. The molecule has 0 unspecified atom stereocenters. The number of hydrogen-bond donors (Lipinski definition) is 0. The summed E-state index contributed by atoms with van der Waals surface area (Å²) in [6.07, 6.45) is 0.676. The van der Waals surface area contributed by atoms with Crippen LogP contribution in [0.5, 0.6) is 0 Å². The van der Waals surface area contributed by atoms with Crippen LogP contribution in [-0.4, -0.2) is 52.7 Å². The van der Waals surface area contributed by atoms with E-state index in [1.165, 1.54) is 12.1 Å². The summed E-state index contributed by atoms with van der Waals surface area (Å²) in [7, 11) is 0. The molecule has 3 aliphatic rings. The van der Waals surface area contributed by atoms with Crippen molar-refractivity contribution in [2.75, 3.05) is 26.2 Å². The third kappa shape index (κ3) is 3.36.